The summed E-state index contributed by atoms with van der Waals surface area (Å²) in [7, 11) is -3.05. The Morgan fingerprint density at radius 2 is 0.860 bits per heavy atom. The molecule has 2 aromatic heterocycles. The van der Waals surface area contributed by atoms with Crippen molar-refractivity contribution >= 4 is 72.6 Å². The van der Waals surface area contributed by atoms with Gasteiger partial charge in [-0.25, -0.2) is 0 Å². The second-order valence-electron chi connectivity index (χ2n) is 14.8. The fourth-order valence-electron chi connectivity index (χ4n) is 9.38. The lowest BCUT2D eigenvalue weighted by molar-refractivity contribution is 0.671. The summed E-state index contributed by atoms with van der Waals surface area (Å²) in [5.74, 6) is 0. The van der Waals surface area contributed by atoms with Crippen molar-refractivity contribution in [1.82, 2.24) is 4.57 Å². The van der Waals surface area contributed by atoms with Gasteiger partial charge in [-0.05, 0) is 50.1 Å². The van der Waals surface area contributed by atoms with Crippen LogP contribution in [0.2, 0.25) is 0 Å². The first kappa shape index (κ1) is 33.2. The van der Waals surface area contributed by atoms with Gasteiger partial charge in [0, 0.05) is 32.7 Å². The first-order chi connectivity index (χ1) is 28.3. The van der Waals surface area contributed by atoms with E-state index in [1.165, 1.54) is 42.6 Å². The molecular formula is C54H37NOSi. The summed E-state index contributed by atoms with van der Waals surface area (Å²) in [4.78, 5) is 0. The summed E-state index contributed by atoms with van der Waals surface area (Å²) in [6.45, 7) is 0. The molecule has 0 aliphatic carbocycles. The molecule has 57 heavy (non-hydrogen) atoms. The van der Waals surface area contributed by atoms with Gasteiger partial charge in [0.2, 0.25) is 0 Å². The molecular weight excluding hydrogens is 707 g/mol. The zero-order chi connectivity index (χ0) is 37.8. The molecule has 9 aromatic carbocycles. The van der Waals surface area contributed by atoms with Crippen LogP contribution in [0.15, 0.2) is 229 Å². The van der Waals surface area contributed by atoms with Gasteiger partial charge in [-0.1, -0.05) is 206 Å². The number of hydrogen-bond donors (Lipinski definition) is 0. The largest absolute Gasteiger partial charge is 0.454 e. The average Bonchev–Trinajstić information content (AvgIpc) is 3.84. The van der Waals surface area contributed by atoms with Crippen molar-refractivity contribution in [2.45, 2.75) is 0 Å². The third-order valence-electron chi connectivity index (χ3n) is 11.8. The van der Waals surface area contributed by atoms with Gasteiger partial charge in [0.1, 0.15) is 5.58 Å². The van der Waals surface area contributed by atoms with Crippen molar-refractivity contribution in [2.24, 2.45) is 0 Å². The van der Waals surface area contributed by atoms with E-state index in [4.69, 9.17) is 4.42 Å². The number of para-hydroxylation sites is 2. The van der Waals surface area contributed by atoms with Crippen LogP contribution in [0.4, 0.5) is 0 Å². The summed E-state index contributed by atoms with van der Waals surface area (Å²) in [6.07, 6.45) is 0. The molecule has 0 atom stereocenters. The van der Waals surface area contributed by atoms with E-state index in [-0.39, 0.29) is 0 Å². The molecule has 0 saturated heterocycles. The molecule has 0 saturated carbocycles. The van der Waals surface area contributed by atoms with Crippen LogP contribution in [0.5, 0.6) is 0 Å². The highest BCUT2D eigenvalue weighted by atomic mass is 28.3. The zero-order valence-electron chi connectivity index (χ0n) is 31.2. The van der Waals surface area contributed by atoms with Gasteiger partial charge in [-0.15, -0.1) is 0 Å². The summed E-state index contributed by atoms with van der Waals surface area (Å²) in [5, 5.41) is 9.92. The molecule has 0 spiro atoms. The van der Waals surface area contributed by atoms with Gasteiger partial charge in [0.15, 0.2) is 13.7 Å². The number of fused-ring (bicyclic) bond motifs is 7. The van der Waals surface area contributed by atoms with Gasteiger partial charge in [0.05, 0.1) is 16.7 Å². The maximum absolute atomic E-state index is 6.94. The number of benzene rings is 9. The van der Waals surface area contributed by atoms with Crippen molar-refractivity contribution in [3.8, 4) is 27.9 Å². The number of aromatic nitrogens is 1. The summed E-state index contributed by atoms with van der Waals surface area (Å²) in [5.41, 5.74) is 9.84. The van der Waals surface area contributed by atoms with Crippen LogP contribution in [-0.4, -0.2) is 12.6 Å². The Labute approximate surface area is 332 Å². The monoisotopic (exact) mass is 743 g/mol. The first-order valence-corrected chi connectivity index (χ1v) is 21.6. The Morgan fingerprint density at radius 3 is 1.47 bits per heavy atom. The van der Waals surface area contributed by atoms with E-state index in [9.17, 15) is 0 Å². The molecule has 3 heteroatoms. The maximum atomic E-state index is 6.94. The molecule has 0 fully saturated rings. The highest BCUT2D eigenvalue weighted by Gasteiger charge is 2.44. The molecule has 0 amide bonds. The topological polar surface area (TPSA) is 18.1 Å². The Balaban J connectivity index is 1.42. The summed E-state index contributed by atoms with van der Waals surface area (Å²) in [6, 6.07) is 82.3. The van der Waals surface area contributed by atoms with E-state index in [0.29, 0.717) is 0 Å². The smallest absolute Gasteiger partial charge is 0.180 e. The molecule has 11 aromatic rings. The van der Waals surface area contributed by atoms with Crippen LogP contribution in [0.1, 0.15) is 0 Å². The van der Waals surface area contributed by atoms with Gasteiger partial charge >= 0.3 is 0 Å². The van der Waals surface area contributed by atoms with Crippen molar-refractivity contribution < 1.29 is 4.42 Å². The normalized spacial score (nSPS) is 11.9. The fourth-order valence-corrected chi connectivity index (χ4v) is 14.4. The molecule has 2 heterocycles. The minimum atomic E-state index is -3.05. The van der Waals surface area contributed by atoms with Crippen molar-refractivity contribution in [1.29, 1.82) is 0 Å². The molecule has 11 rings (SSSR count). The maximum Gasteiger partial charge on any atom is 0.180 e. The van der Waals surface area contributed by atoms with E-state index >= 15 is 0 Å². The van der Waals surface area contributed by atoms with Crippen LogP contribution < -0.4 is 20.7 Å². The van der Waals surface area contributed by atoms with Crippen molar-refractivity contribution in [3.05, 3.63) is 224 Å². The minimum Gasteiger partial charge on any atom is -0.454 e. The van der Waals surface area contributed by atoms with Crippen molar-refractivity contribution in [3.63, 3.8) is 0 Å². The molecule has 0 bridgehead atoms. The quantitative estimate of drug-likeness (QED) is 0.117. The Bertz CT molecular complexity index is 3110. The number of furan rings is 1. The van der Waals surface area contributed by atoms with Crippen LogP contribution in [0, 0.1) is 0 Å². The standard InChI is InChI=1S/C54H37NOSi/c1-6-20-38(21-7-1)43-36-37-50(57(40-24-10-3-11-25-40,41-26-12-4-13-27-41)42-28-14-5-15-29-42)51(39-22-8-2-9-23-39)52(43)55-48-32-18-16-30-44(48)46-34-35-47-45-31-17-19-33-49(45)56-54(47)53(46)55/h1-37H. The van der Waals surface area contributed by atoms with Gasteiger partial charge in [-0.2, -0.15) is 0 Å². The third kappa shape index (κ3) is 5.10. The number of hydrogen-bond acceptors (Lipinski definition) is 1. The first-order valence-electron chi connectivity index (χ1n) is 19.6. The highest BCUT2D eigenvalue weighted by Crippen LogP contribution is 2.44. The molecule has 2 nitrogen and oxygen atoms in total. The molecule has 268 valence electrons. The molecule has 0 aliphatic rings. The predicted octanol–water partition coefficient (Wildman–Crippen LogP) is 11.4. The summed E-state index contributed by atoms with van der Waals surface area (Å²) < 4.78 is 9.47. The van der Waals surface area contributed by atoms with E-state index < -0.39 is 8.07 Å². The molecule has 0 radical (unpaired) electrons. The molecule has 0 unspecified atom stereocenters. The Morgan fingerprint density at radius 1 is 0.368 bits per heavy atom. The van der Waals surface area contributed by atoms with Gasteiger partial charge in [-0.3, -0.25) is 0 Å². The molecule has 0 aliphatic heterocycles. The van der Waals surface area contributed by atoms with Crippen molar-refractivity contribution in [2.75, 3.05) is 0 Å². The van der Waals surface area contributed by atoms with E-state index in [1.54, 1.807) is 0 Å². The predicted molar refractivity (Wildman–Crippen MR) is 243 cm³/mol. The number of nitrogens with zero attached hydrogens (tertiary/aromatic N) is 1. The van der Waals surface area contributed by atoms with E-state index in [0.717, 1.165) is 49.8 Å². The zero-order valence-corrected chi connectivity index (χ0v) is 32.2. The van der Waals surface area contributed by atoms with E-state index in [1.807, 2.05) is 0 Å². The molecule has 0 N–H and O–H groups in total. The third-order valence-corrected chi connectivity index (χ3v) is 16.6. The van der Waals surface area contributed by atoms with Crippen LogP contribution >= 0.6 is 0 Å². The highest BCUT2D eigenvalue weighted by molar-refractivity contribution is 7.20. The minimum absolute atomic E-state index is 0.890. The fraction of sp³-hybridized carbons (Fsp3) is 0. The number of rotatable bonds is 7. The average molecular weight is 744 g/mol. The Kier molecular flexibility index (Phi) is 7.87. The lowest BCUT2D eigenvalue weighted by atomic mass is 9.95. The Hall–Kier alpha value is -7.20. The van der Waals surface area contributed by atoms with E-state index in [2.05, 4.69) is 229 Å². The van der Waals surface area contributed by atoms with Crippen LogP contribution in [0.3, 0.4) is 0 Å². The second-order valence-corrected chi connectivity index (χ2v) is 18.5. The lowest BCUT2D eigenvalue weighted by Gasteiger charge is -2.37. The SMILES string of the molecule is c1ccc(-c2ccc([Si](c3ccccc3)(c3ccccc3)c3ccccc3)c(-c3ccccc3)c2-n2c3ccccc3c3ccc4c5ccccc5oc4c32)cc1. The summed E-state index contributed by atoms with van der Waals surface area (Å²) >= 11 is 0. The van der Waals surface area contributed by atoms with Gasteiger partial charge < -0.3 is 8.98 Å². The second kappa shape index (κ2) is 13.5. The lowest BCUT2D eigenvalue weighted by Crippen LogP contribution is -2.75. The van der Waals surface area contributed by atoms with Crippen LogP contribution in [-0.2, 0) is 0 Å². The van der Waals surface area contributed by atoms with Gasteiger partial charge in [0.25, 0.3) is 0 Å². The van der Waals surface area contributed by atoms with Crippen LogP contribution in [0.25, 0.3) is 71.7 Å².